The molecule has 1 atom stereocenters. The summed E-state index contributed by atoms with van der Waals surface area (Å²) in [5.74, 6) is 0.806. The van der Waals surface area contributed by atoms with E-state index in [0.29, 0.717) is 24.1 Å². The Balaban J connectivity index is 0.00000205. The standard InChI is InChI=1S/C22H26N2O3S.ClH/c25-28(26,19-6-8-21-18(15-19)10-14-27-21)23-11-2-12-24-13-9-17-4-1-3-16-5-7-20(24)22(16)17;/h1,3-4,6,8,15,20,23H,2,5,7,9-14H2;1H. The molecular formula is C22H27ClN2O3S. The van der Waals surface area contributed by atoms with Gasteiger partial charge in [-0.1, -0.05) is 18.2 Å². The molecule has 3 aliphatic rings. The van der Waals surface area contributed by atoms with E-state index in [1.807, 2.05) is 0 Å². The molecular weight excluding hydrogens is 408 g/mol. The molecule has 0 radical (unpaired) electrons. The third-order valence-corrected chi connectivity index (χ3v) is 7.76. The summed E-state index contributed by atoms with van der Waals surface area (Å²) in [6.45, 7) is 3.10. The average Bonchev–Trinajstić information content (AvgIpc) is 3.34. The Morgan fingerprint density at radius 1 is 1.07 bits per heavy atom. The predicted octanol–water partition coefficient (Wildman–Crippen LogP) is 3.26. The maximum absolute atomic E-state index is 12.6. The summed E-state index contributed by atoms with van der Waals surface area (Å²) in [5, 5.41) is 0. The highest BCUT2D eigenvalue weighted by Gasteiger charge is 2.32. The Morgan fingerprint density at radius 2 is 1.90 bits per heavy atom. The molecule has 29 heavy (non-hydrogen) atoms. The highest BCUT2D eigenvalue weighted by atomic mass is 35.5. The van der Waals surface area contributed by atoms with Crippen molar-refractivity contribution in [2.24, 2.45) is 0 Å². The van der Waals surface area contributed by atoms with E-state index in [1.54, 1.807) is 23.8 Å². The average molecular weight is 435 g/mol. The fourth-order valence-corrected chi connectivity index (χ4v) is 6.05. The number of nitrogens with zero attached hydrogens (tertiary/aromatic N) is 1. The molecule has 2 aliphatic heterocycles. The summed E-state index contributed by atoms with van der Waals surface area (Å²) in [6.07, 6.45) is 5.05. The molecule has 2 aromatic carbocycles. The minimum atomic E-state index is -3.47. The molecule has 0 amide bonds. The van der Waals surface area contributed by atoms with Crippen molar-refractivity contribution in [2.75, 3.05) is 26.2 Å². The van der Waals surface area contributed by atoms with Crippen molar-refractivity contribution in [1.29, 1.82) is 0 Å². The first-order valence-corrected chi connectivity index (χ1v) is 11.7. The van der Waals surface area contributed by atoms with Gasteiger partial charge in [-0.2, -0.15) is 0 Å². The van der Waals surface area contributed by atoms with Gasteiger partial charge < -0.3 is 4.74 Å². The molecule has 1 N–H and O–H groups in total. The van der Waals surface area contributed by atoms with Crippen molar-refractivity contribution in [3.05, 3.63) is 58.7 Å². The topological polar surface area (TPSA) is 58.6 Å². The van der Waals surface area contributed by atoms with Gasteiger partial charge in [0.25, 0.3) is 0 Å². The molecule has 0 saturated heterocycles. The number of aryl methyl sites for hydroxylation is 1. The number of nitrogens with one attached hydrogen (secondary N) is 1. The van der Waals surface area contributed by atoms with Crippen LogP contribution < -0.4 is 9.46 Å². The monoisotopic (exact) mass is 434 g/mol. The molecule has 7 heteroatoms. The van der Waals surface area contributed by atoms with E-state index < -0.39 is 10.0 Å². The Kier molecular flexibility index (Phi) is 5.89. The number of benzene rings is 2. The van der Waals surface area contributed by atoms with Crippen molar-refractivity contribution >= 4 is 22.4 Å². The first kappa shape index (κ1) is 20.7. The van der Waals surface area contributed by atoms with Gasteiger partial charge in [0.2, 0.25) is 10.0 Å². The summed E-state index contributed by atoms with van der Waals surface area (Å²) in [7, 11) is -3.47. The Morgan fingerprint density at radius 3 is 2.76 bits per heavy atom. The van der Waals surface area contributed by atoms with Crippen LogP contribution in [0.25, 0.3) is 0 Å². The van der Waals surface area contributed by atoms with E-state index in [4.69, 9.17) is 4.74 Å². The van der Waals surface area contributed by atoms with Gasteiger partial charge in [-0.3, -0.25) is 4.90 Å². The van der Waals surface area contributed by atoms with Gasteiger partial charge in [0.05, 0.1) is 11.5 Å². The van der Waals surface area contributed by atoms with Gasteiger partial charge in [0.1, 0.15) is 5.75 Å². The smallest absolute Gasteiger partial charge is 0.240 e. The molecule has 1 aliphatic carbocycles. The minimum absolute atomic E-state index is 0. The lowest BCUT2D eigenvalue weighted by atomic mass is 9.93. The molecule has 0 bridgehead atoms. The van der Waals surface area contributed by atoms with Gasteiger partial charge in [-0.25, -0.2) is 13.1 Å². The van der Waals surface area contributed by atoms with E-state index in [2.05, 4.69) is 27.8 Å². The second-order valence-corrected chi connectivity index (χ2v) is 9.72. The van der Waals surface area contributed by atoms with E-state index >= 15 is 0 Å². The summed E-state index contributed by atoms with van der Waals surface area (Å²) in [4.78, 5) is 2.88. The van der Waals surface area contributed by atoms with Crippen LogP contribution in [-0.4, -0.2) is 39.6 Å². The molecule has 5 nitrogen and oxygen atoms in total. The van der Waals surface area contributed by atoms with Crippen LogP contribution in [0.3, 0.4) is 0 Å². The zero-order valence-corrected chi connectivity index (χ0v) is 18.0. The first-order valence-electron chi connectivity index (χ1n) is 10.2. The highest BCUT2D eigenvalue weighted by Crippen LogP contribution is 2.41. The van der Waals surface area contributed by atoms with E-state index in [9.17, 15) is 8.42 Å². The Bertz CT molecular complexity index is 1010. The fraction of sp³-hybridized carbons (Fsp3) is 0.455. The number of hydrogen-bond acceptors (Lipinski definition) is 4. The summed E-state index contributed by atoms with van der Waals surface area (Å²) < 4.78 is 33.5. The lowest BCUT2D eigenvalue weighted by Crippen LogP contribution is -2.36. The van der Waals surface area contributed by atoms with Crippen molar-refractivity contribution in [2.45, 2.75) is 43.0 Å². The van der Waals surface area contributed by atoms with Crippen molar-refractivity contribution in [3.8, 4) is 5.75 Å². The second kappa shape index (κ2) is 8.26. The van der Waals surface area contributed by atoms with Crippen LogP contribution in [0.2, 0.25) is 0 Å². The minimum Gasteiger partial charge on any atom is -0.493 e. The molecule has 0 saturated carbocycles. The molecule has 0 fully saturated rings. The van der Waals surface area contributed by atoms with Crippen LogP contribution in [0.1, 0.15) is 41.1 Å². The molecule has 2 aromatic rings. The molecule has 5 rings (SSSR count). The Hall–Kier alpha value is -1.60. The maximum Gasteiger partial charge on any atom is 0.240 e. The zero-order chi connectivity index (χ0) is 19.1. The predicted molar refractivity (Wildman–Crippen MR) is 115 cm³/mol. The molecule has 0 spiro atoms. The largest absolute Gasteiger partial charge is 0.493 e. The van der Waals surface area contributed by atoms with Crippen molar-refractivity contribution < 1.29 is 13.2 Å². The Labute approximate surface area is 178 Å². The molecule has 0 aromatic heterocycles. The fourth-order valence-electron chi connectivity index (χ4n) is 4.92. The number of fused-ring (bicyclic) bond motifs is 1. The van der Waals surface area contributed by atoms with Gasteiger partial charge in [-0.15, -0.1) is 12.4 Å². The third-order valence-electron chi connectivity index (χ3n) is 6.30. The summed E-state index contributed by atoms with van der Waals surface area (Å²) >= 11 is 0. The lowest BCUT2D eigenvalue weighted by molar-refractivity contribution is 0.184. The number of halogens is 1. The van der Waals surface area contributed by atoms with E-state index in [-0.39, 0.29) is 12.4 Å². The summed E-state index contributed by atoms with van der Waals surface area (Å²) in [6, 6.07) is 12.4. The van der Waals surface area contributed by atoms with Crippen LogP contribution in [0.5, 0.6) is 5.75 Å². The zero-order valence-electron chi connectivity index (χ0n) is 16.4. The maximum atomic E-state index is 12.6. The van der Waals surface area contributed by atoms with Crippen molar-refractivity contribution in [3.63, 3.8) is 0 Å². The third kappa shape index (κ3) is 3.91. The van der Waals surface area contributed by atoms with Crippen LogP contribution in [0.4, 0.5) is 0 Å². The SMILES string of the molecule is Cl.O=S(=O)(NCCCN1CCc2cccc3c2C1CC3)c1ccc2c(c1)CCO2. The second-order valence-electron chi connectivity index (χ2n) is 7.95. The van der Waals surface area contributed by atoms with Gasteiger partial charge in [-0.05, 0) is 66.1 Å². The van der Waals surface area contributed by atoms with Gasteiger partial charge >= 0.3 is 0 Å². The van der Waals surface area contributed by atoms with Crippen LogP contribution >= 0.6 is 12.4 Å². The summed E-state index contributed by atoms with van der Waals surface area (Å²) in [5.41, 5.74) is 5.55. The number of rotatable bonds is 6. The van der Waals surface area contributed by atoms with Gasteiger partial charge in [0.15, 0.2) is 0 Å². The first-order chi connectivity index (χ1) is 13.6. The highest BCUT2D eigenvalue weighted by molar-refractivity contribution is 7.89. The molecule has 2 heterocycles. The van der Waals surface area contributed by atoms with Crippen LogP contribution in [0.15, 0.2) is 41.3 Å². The number of hydrogen-bond donors (Lipinski definition) is 1. The van der Waals surface area contributed by atoms with Crippen LogP contribution in [-0.2, 0) is 29.3 Å². The van der Waals surface area contributed by atoms with Crippen LogP contribution in [0, 0.1) is 0 Å². The number of sulfonamides is 1. The van der Waals surface area contributed by atoms with E-state index in [0.717, 1.165) is 43.7 Å². The number of ether oxygens (including phenoxy) is 1. The van der Waals surface area contributed by atoms with Gasteiger partial charge in [0, 0.05) is 32.1 Å². The van der Waals surface area contributed by atoms with Crippen molar-refractivity contribution in [1.82, 2.24) is 9.62 Å². The molecule has 1 unspecified atom stereocenters. The van der Waals surface area contributed by atoms with E-state index in [1.165, 1.54) is 24.0 Å². The quantitative estimate of drug-likeness (QED) is 0.709. The normalized spacial score (nSPS) is 19.9. The molecule has 156 valence electrons. The lowest BCUT2D eigenvalue weighted by Gasteiger charge is -2.35.